The third kappa shape index (κ3) is 10.5. The first kappa shape index (κ1) is 42.9. The molecule has 3 aromatic heterocycles. The van der Waals surface area contributed by atoms with E-state index in [0.717, 1.165) is 124 Å². The number of nitrogen functional groups attached to an aromatic ring is 1. The van der Waals surface area contributed by atoms with Gasteiger partial charge in [-0.05, 0) is 128 Å². The van der Waals surface area contributed by atoms with Gasteiger partial charge in [0.2, 0.25) is 0 Å². The predicted molar refractivity (Wildman–Crippen MR) is 260 cm³/mol. The van der Waals surface area contributed by atoms with Gasteiger partial charge < -0.3 is 30.3 Å². The summed E-state index contributed by atoms with van der Waals surface area (Å²) in [7, 11) is 0. The predicted octanol–water partition coefficient (Wildman–Crippen LogP) is 12.3. The van der Waals surface area contributed by atoms with E-state index in [1.54, 1.807) is 24.3 Å². The quantitative estimate of drug-likeness (QED) is 0.0485. The summed E-state index contributed by atoms with van der Waals surface area (Å²) >= 11 is 0. The first-order valence-electron chi connectivity index (χ1n) is 22.1. The summed E-state index contributed by atoms with van der Waals surface area (Å²) in [6.07, 6.45) is 16.5. The molecule has 5 heterocycles. The van der Waals surface area contributed by atoms with Crippen molar-refractivity contribution in [2.45, 2.75) is 65.2 Å². The lowest BCUT2D eigenvalue weighted by atomic mass is 10.0. The smallest absolute Gasteiger partial charge is 0.335 e. The molecular formula is C55H51N5O4. The zero-order valence-electron chi connectivity index (χ0n) is 36.3. The molecule has 0 radical (unpaired) electrons. The van der Waals surface area contributed by atoms with E-state index >= 15 is 0 Å². The number of aromatic carboxylic acids is 1. The highest BCUT2D eigenvalue weighted by Crippen LogP contribution is 2.43. The fourth-order valence-electron chi connectivity index (χ4n) is 7.60. The number of aromatic amines is 2. The first-order chi connectivity index (χ1) is 31.3. The van der Waals surface area contributed by atoms with Gasteiger partial charge in [0.05, 0.1) is 69.3 Å². The number of H-pyrrole nitrogens is 2. The molecule has 5 N–H and O–H groups in total. The molecule has 0 saturated carbocycles. The van der Waals surface area contributed by atoms with Crippen LogP contribution in [0.1, 0.15) is 121 Å². The number of carboxylic acid groups (broad SMARTS) is 1. The van der Waals surface area contributed by atoms with Gasteiger partial charge in [-0.25, -0.2) is 14.8 Å². The number of nitrogens with one attached hydrogen (secondary N) is 2. The number of nitrogens with two attached hydrogens (primary N) is 1. The number of anilines is 1. The first-order valence-corrected chi connectivity index (χ1v) is 22.1. The standard InChI is InChI=1S/C55H51N5O4/c1-3-5-7-9-32-63-51-12-11-13-52(64-33-10-8-6-4-2)53(51)47-36-44-35-43-25-30-49(58-43)45(27-18-38-16-22-40(56)23-17-38)48-29-24-41(57-48)34-42-26-31-50(59-42)46(54(47)60-44)28-19-37-14-20-39(21-15-37)55(61)62/h11-17,20-26,29-31,34-36,57,60H,3-10,32-33,56H2,1-2H3,(H,61,62). The normalized spacial score (nSPS) is 11.4. The number of hydrogen-bond donors (Lipinski definition) is 4. The minimum atomic E-state index is -0.994. The van der Waals surface area contributed by atoms with Crippen molar-refractivity contribution in [2.24, 2.45) is 0 Å². The lowest BCUT2D eigenvalue weighted by molar-refractivity contribution is 0.0697. The van der Waals surface area contributed by atoms with Gasteiger partial charge in [-0.15, -0.1) is 0 Å². The van der Waals surface area contributed by atoms with Gasteiger partial charge in [-0.1, -0.05) is 82.1 Å². The maximum absolute atomic E-state index is 11.7. The van der Waals surface area contributed by atoms with E-state index < -0.39 is 5.97 Å². The molecule has 2 aliphatic heterocycles. The van der Waals surface area contributed by atoms with E-state index in [9.17, 15) is 9.90 Å². The Bertz CT molecular complexity index is 2990. The van der Waals surface area contributed by atoms with E-state index in [1.807, 2.05) is 91.0 Å². The molecule has 0 aliphatic carbocycles. The highest BCUT2D eigenvalue weighted by Gasteiger charge is 2.20. The molecule has 9 heteroatoms. The molecule has 9 nitrogen and oxygen atoms in total. The van der Waals surface area contributed by atoms with Crippen molar-refractivity contribution in [1.29, 1.82) is 0 Å². The maximum Gasteiger partial charge on any atom is 0.335 e. The highest BCUT2D eigenvalue weighted by molar-refractivity contribution is 5.96. The molecule has 64 heavy (non-hydrogen) atoms. The summed E-state index contributed by atoms with van der Waals surface area (Å²) in [5.41, 5.74) is 17.4. The van der Waals surface area contributed by atoms with Crippen LogP contribution in [-0.2, 0) is 0 Å². The van der Waals surface area contributed by atoms with Gasteiger partial charge in [0.1, 0.15) is 11.5 Å². The molecule has 0 atom stereocenters. The molecule has 0 amide bonds. The molecular weight excluding hydrogens is 795 g/mol. The minimum absolute atomic E-state index is 0.191. The summed E-state index contributed by atoms with van der Waals surface area (Å²) in [5, 5.41) is 9.56. The second-order valence-corrected chi connectivity index (χ2v) is 15.8. The van der Waals surface area contributed by atoms with Crippen molar-refractivity contribution in [2.75, 3.05) is 18.9 Å². The van der Waals surface area contributed by atoms with Crippen molar-refractivity contribution in [3.8, 4) is 46.3 Å². The van der Waals surface area contributed by atoms with Crippen LogP contribution in [0.5, 0.6) is 11.5 Å². The monoisotopic (exact) mass is 845 g/mol. The second-order valence-electron chi connectivity index (χ2n) is 15.8. The Morgan fingerprint density at radius 3 is 1.81 bits per heavy atom. The third-order valence-corrected chi connectivity index (χ3v) is 11.0. The van der Waals surface area contributed by atoms with Gasteiger partial charge in [0, 0.05) is 33.4 Å². The maximum atomic E-state index is 11.7. The van der Waals surface area contributed by atoms with Crippen LogP contribution in [0.4, 0.5) is 5.69 Å². The van der Waals surface area contributed by atoms with Gasteiger partial charge >= 0.3 is 5.97 Å². The SMILES string of the molecule is CCCCCCOc1cccc(OCCCCCC)c1-c1cc2cc3nc(c(C#Cc4ccc(N)cc4)c4ccc(cc5nc(c(C#Cc6ccc(C(=O)O)cc6)c1[nH]2)C=C5)[nH]4)C=C3. The molecule has 3 aromatic carbocycles. The van der Waals surface area contributed by atoms with Crippen LogP contribution < -0.4 is 15.2 Å². The number of ether oxygens (including phenoxy) is 2. The Kier molecular flexibility index (Phi) is 13.7. The largest absolute Gasteiger partial charge is 0.493 e. The third-order valence-electron chi connectivity index (χ3n) is 11.0. The fraction of sp³-hybridized carbons (Fsp3) is 0.218. The lowest BCUT2D eigenvalue weighted by Gasteiger charge is -2.16. The second kappa shape index (κ2) is 20.4. The van der Waals surface area contributed by atoms with Gasteiger partial charge in [0.15, 0.2) is 0 Å². The highest BCUT2D eigenvalue weighted by atomic mass is 16.5. The van der Waals surface area contributed by atoms with Gasteiger partial charge in [-0.2, -0.15) is 0 Å². The average Bonchev–Trinajstić information content (AvgIpc) is 4.14. The fourth-order valence-corrected chi connectivity index (χ4v) is 7.60. The van der Waals surface area contributed by atoms with Crippen LogP contribution in [-0.4, -0.2) is 44.2 Å². The zero-order chi connectivity index (χ0) is 44.3. The van der Waals surface area contributed by atoms with Crippen molar-refractivity contribution in [3.05, 3.63) is 148 Å². The summed E-state index contributed by atoms with van der Waals surface area (Å²) in [6, 6.07) is 30.2. The summed E-state index contributed by atoms with van der Waals surface area (Å²) in [5.74, 6) is 13.9. The molecule has 8 rings (SSSR count). The van der Waals surface area contributed by atoms with Crippen molar-refractivity contribution < 1.29 is 19.4 Å². The molecule has 0 fully saturated rings. The molecule has 2 aliphatic rings. The number of fused-ring (bicyclic) bond motifs is 8. The Morgan fingerprint density at radius 2 is 1.20 bits per heavy atom. The average molecular weight is 846 g/mol. The number of nitrogens with zero attached hydrogens (tertiary/aromatic N) is 2. The number of hydrogen-bond acceptors (Lipinski definition) is 6. The van der Waals surface area contributed by atoms with E-state index in [1.165, 1.54) is 0 Å². The molecule has 320 valence electrons. The van der Waals surface area contributed by atoms with E-state index in [-0.39, 0.29) is 5.56 Å². The summed E-state index contributed by atoms with van der Waals surface area (Å²) < 4.78 is 13.3. The molecule has 8 bridgehead atoms. The molecule has 0 spiro atoms. The number of rotatable bonds is 14. The van der Waals surface area contributed by atoms with E-state index in [0.29, 0.717) is 35.7 Å². The number of benzene rings is 3. The van der Waals surface area contributed by atoms with Gasteiger partial charge in [0.25, 0.3) is 0 Å². The Morgan fingerprint density at radius 1 is 0.625 bits per heavy atom. The van der Waals surface area contributed by atoms with Crippen molar-refractivity contribution >= 4 is 58.0 Å². The van der Waals surface area contributed by atoms with Crippen LogP contribution in [0.3, 0.4) is 0 Å². The minimum Gasteiger partial charge on any atom is -0.493 e. The number of unbranched alkanes of at least 4 members (excludes halogenated alkanes) is 6. The van der Waals surface area contributed by atoms with Crippen molar-refractivity contribution in [3.63, 3.8) is 0 Å². The molecule has 0 saturated heterocycles. The number of carboxylic acids is 1. The van der Waals surface area contributed by atoms with Crippen LogP contribution in [0.15, 0.2) is 97.1 Å². The van der Waals surface area contributed by atoms with E-state index in [2.05, 4.69) is 53.6 Å². The van der Waals surface area contributed by atoms with Crippen LogP contribution in [0.25, 0.3) is 57.5 Å². The summed E-state index contributed by atoms with van der Waals surface area (Å²) in [4.78, 5) is 29.2. The van der Waals surface area contributed by atoms with Crippen LogP contribution >= 0.6 is 0 Å². The number of carbonyl (C=O) groups is 1. The Balaban J connectivity index is 1.39. The van der Waals surface area contributed by atoms with Crippen LogP contribution in [0, 0.1) is 23.7 Å². The van der Waals surface area contributed by atoms with Crippen LogP contribution in [0.2, 0.25) is 0 Å². The summed E-state index contributed by atoms with van der Waals surface area (Å²) in [6.45, 7) is 5.55. The topological polar surface area (TPSA) is 139 Å². The molecule has 6 aromatic rings. The van der Waals surface area contributed by atoms with Crippen molar-refractivity contribution in [1.82, 2.24) is 19.9 Å². The molecule has 0 unspecified atom stereocenters. The van der Waals surface area contributed by atoms with E-state index in [4.69, 9.17) is 25.2 Å². The Hall–Kier alpha value is -7.75. The Labute approximate surface area is 374 Å². The van der Waals surface area contributed by atoms with Gasteiger partial charge in [-0.3, -0.25) is 0 Å². The zero-order valence-corrected chi connectivity index (χ0v) is 36.3. The lowest BCUT2D eigenvalue weighted by Crippen LogP contribution is -2.03. The number of aromatic nitrogens is 4.